The molecule has 0 saturated heterocycles. The van der Waals surface area contributed by atoms with Crippen molar-refractivity contribution in [2.45, 2.75) is 32.1 Å². The Hall–Kier alpha value is -0.590. The summed E-state index contributed by atoms with van der Waals surface area (Å²) in [5, 5.41) is 0. The first-order valence-corrected chi connectivity index (χ1v) is 4.44. The summed E-state index contributed by atoms with van der Waals surface area (Å²) in [7, 11) is 0. The highest BCUT2D eigenvalue weighted by Crippen LogP contribution is 2.42. The lowest BCUT2D eigenvalue weighted by molar-refractivity contribution is -0.122. The summed E-state index contributed by atoms with van der Waals surface area (Å²) >= 11 is 0. The molecular weight excluding hydrogens is 136 g/mol. The largest absolute Gasteiger partial charge is 0.300 e. The van der Waals surface area contributed by atoms with Crippen molar-refractivity contribution in [3.8, 4) is 0 Å². The molecule has 0 amide bonds. The molecule has 0 bridgehead atoms. The summed E-state index contributed by atoms with van der Waals surface area (Å²) in [5.41, 5.74) is 1.37. The van der Waals surface area contributed by atoms with E-state index in [-0.39, 0.29) is 0 Å². The summed E-state index contributed by atoms with van der Waals surface area (Å²) < 4.78 is 0. The zero-order valence-corrected chi connectivity index (χ0v) is 6.81. The van der Waals surface area contributed by atoms with Crippen molar-refractivity contribution in [3.63, 3.8) is 0 Å². The number of fused-ring (bicyclic) bond motifs is 1. The Bertz CT molecular complexity index is 203. The van der Waals surface area contributed by atoms with Crippen molar-refractivity contribution >= 4 is 5.78 Å². The van der Waals surface area contributed by atoms with Crippen molar-refractivity contribution in [1.29, 1.82) is 0 Å². The number of Topliss-reactive ketones (excluding diaryl/α,β-unsaturated/α-hetero) is 1. The number of carbonyl (C=O) groups excluding carboxylic acids is 1. The summed E-state index contributed by atoms with van der Waals surface area (Å²) in [6, 6.07) is 0. The summed E-state index contributed by atoms with van der Waals surface area (Å²) in [4.78, 5) is 11.1. The van der Waals surface area contributed by atoms with E-state index < -0.39 is 0 Å². The first-order valence-electron chi connectivity index (χ1n) is 4.44. The van der Waals surface area contributed by atoms with Gasteiger partial charge in [0.15, 0.2) is 0 Å². The first-order chi connectivity index (χ1) is 5.25. The fraction of sp³-hybridized carbons (Fsp3) is 0.700. The third-order valence-corrected chi connectivity index (χ3v) is 3.05. The van der Waals surface area contributed by atoms with Gasteiger partial charge in [-0.3, -0.25) is 4.79 Å². The zero-order chi connectivity index (χ0) is 7.84. The predicted molar refractivity (Wildman–Crippen MR) is 44.2 cm³/mol. The summed E-state index contributed by atoms with van der Waals surface area (Å²) in [5.74, 6) is 1.95. The molecule has 0 N–H and O–H groups in total. The fourth-order valence-electron chi connectivity index (χ4n) is 2.48. The van der Waals surface area contributed by atoms with Gasteiger partial charge in [-0.1, -0.05) is 12.2 Å². The molecule has 0 heterocycles. The highest BCUT2D eigenvalue weighted by Gasteiger charge is 2.34. The first kappa shape index (κ1) is 7.08. The van der Waals surface area contributed by atoms with Crippen LogP contribution in [-0.2, 0) is 4.79 Å². The third kappa shape index (κ3) is 1.24. The number of hydrogen-bond donors (Lipinski definition) is 0. The molecule has 2 atom stereocenters. The molecule has 1 nitrogen and oxygen atoms in total. The molecule has 2 saturated carbocycles. The molecular formula is C10H14O. The maximum absolute atomic E-state index is 11.1. The second kappa shape index (κ2) is 2.47. The van der Waals surface area contributed by atoms with Crippen LogP contribution in [0.25, 0.3) is 0 Å². The van der Waals surface area contributed by atoms with Crippen LogP contribution in [0.5, 0.6) is 0 Å². The lowest BCUT2D eigenvalue weighted by Crippen LogP contribution is -2.19. The number of carbonyl (C=O) groups is 1. The van der Waals surface area contributed by atoms with Gasteiger partial charge in [-0.25, -0.2) is 0 Å². The predicted octanol–water partition coefficient (Wildman–Crippen LogP) is 2.32. The van der Waals surface area contributed by atoms with E-state index in [9.17, 15) is 4.79 Å². The number of hydrogen-bond acceptors (Lipinski definition) is 1. The van der Waals surface area contributed by atoms with Gasteiger partial charge < -0.3 is 0 Å². The number of allylic oxidation sites excluding steroid dienone is 1. The van der Waals surface area contributed by atoms with Crippen LogP contribution in [0.2, 0.25) is 0 Å². The van der Waals surface area contributed by atoms with E-state index in [4.69, 9.17) is 0 Å². The molecule has 11 heavy (non-hydrogen) atoms. The maximum atomic E-state index is 11.1. The minimum atomic E-state index is 0.473. The van der Waals surface area contributed by atoms with Gasteiger partial charge in [0.1, 0.15) is 5.78 Å². The van der Waals surface area contributed by atoms with E-state index in [0.29, 0.717) is 11.7 Å². The molecule has 0 aromatic carbocycles. The Morgan fingerprint density at radius 3 is 2.73 bits per heavy atom. The lowest BCUT2D eigenvalue weighted by Gasteiger charge is -2.22. The zero-order valence-electron chi connectivity index (χ0n) is 6.81. The van der Waals surface area contributed by atoms with Gasteiger partial charge in [0.25, 0.3) is 0 Å². The van der Waals surface area contributed by atoms with E-state index in [0.717, 1.165) is 31.6 Å². The van der Waals surface area contributed by atoms with Gasteiger partial charge in [-0.2, -0.15) is 0 Å². The average Bonchev–Trinajstić information content (AvgIpc) is 2.27. The Morgan fingerprint density at radius 1 is 1.18 bits per heavy atom. The van der Waals surface area contributed by atoms with E-state index in [1.54, 1.807) is 0 Å². The van der Waals surface area contributed by atoms with Crippen molar-refractivity contribution in [3.05, 3.63) is 12.2 Å². The Balaban J connectivity index is 2.08. The molecule has 2 fully saturated rings. The van der Waals surface area contributed by atoms with Crippen LogP contribution in [-0.4, -0.2) is 5.78 Å². The van der Waals surface area contributed by atoms with Crippen molar-refractivity contribution in [1.82, 2.24) is 0 Å². The molecule has 0 unspecified atom stereocenters. The minimum Gasteiger partial charge on any atom is -0.300 e. The molecule has 0 aromatic rings. The third-order valence-electron chi connectivity index (χ3n) is 3.05. The monoisotopic (exact) mass is 150 g/mol. The van der Waals surface area contributed by atoms with E-state index >= 15 is 0 Å². The van der Waals surface area contributed by atoms with Gasteiger partial charge in [-0.05, 0) is 31.1 Å². The van der Waals surface area contributed by atoms with E-state index in [2.05, 4.69) is 6.58 Å². The van der Waals surface area contributed by atoms with Crippen LogP contribution < -0.4 is 0 Å². The quantitative estimate of drug-likeness (QED) is 0.484. The highest BCUT2D eigenvalue weighted by atomic mass is 16.1. The van der Waals surface area contributed by atoms with E-state index in [1.165, 1.54) is 12.0 Å². The molecule has 60 valence electrons. The molecule has 2 aliphatic rings. The van der Waals surface area contributed by atoms with Crippen LogP contribution in [0.15, 0.2) is 12.2 Å². The van der Waals surface area contributed by atoms with Gasteiger partial charge in [-0.15, -0.1) is 0 Å². The lowest BCUT2D eigenvalue weighted by atomic mass is 9.81. The van der Waals surface area contributed by atoms with Crippen molar-refractivity contribution < 1.29 is 4.79 Å². The fourth-order valence-corrected chi connectivity index (χ4v) is 2.48. The van der Waals surface area contributed by atoms with Crippen LogP contribution in [0.4, 0.5) is 0 Å². The highest BCUT2D eigenvalue weighted by molar-refractivity contribution is 5.79. The molecule has 0 aliphatic heterocycles. The molecule has 0 aromatic heterocycles. The minimum absolute atomic E-state index is 0.473. The molecule has 1 heteroatoms. The Kier molecular flexibility index (Phi) is 1.59. The number of ketones is 1. The molecule has 2 rings (SSSR count). The normalized spacial score (nSPS) is 37.5. The van der Waals surface area contributed by atoms with Crippen LogP contribution >= 0.6 is 0 Å². The van der Waals surface area contributed by atoms with E-state index in [1.807, 2.05) is 0 Å². The standard InChI is InChI=1S/C10H14O/c1-7-4-8-2-3-10(11)6-9(8)5-7/h8-9H,1-6H2/t8-,9+/m0/s1. The maximum Gasteiger partial charge on any atom is 0.133 e. The van der Waals surface area contributed by atoms with Crippen molar-refractivity contribution in [2.75, 3.05) is 0 Å². The van der Waals surface area contributed by atoms with Gasteiger partial charge >= 0.3 is 0 Å². The van der Waals surface area contributed by atoms with Crippen LogP contribution in [0, 0.1) is 11.8 Å². The molecule has 0 radical (unpaired) electrons. The average molecular weight is 150 g/mol. The summed E-state index contributed by atoms with van der Waals surface area (Å²) in [6.07, 6.45) is 5.11. The Labute approximate surface area is 67.5 Å². The second-order valence-corrected chi connectivity index (χ2v) is 3.96. The van der Waals surface area contributed by atoms with Gasteiger partial charge in [0.2, 0.25) is 0 Å². The van der Waals surface area contributed by atoms with Crippen LogP contribution in [0.1, 0.15) is 32.1 Å². The molecule has 2 aliphatic carbocycles. The Morgan fingerprint density at radius 2 is 1.91 bits per heavy atom. The number of rotatable bonds is 0. The second-order valence-electron chi connectivity index (χ2n) is 3.96. The van der Waals surface area contributed by atoms with Gasteiger partial charge in [0, 0.05) is 12.8 Å². The van der Waals surface area contributed by atoms with Crippen molar-refractivity contribution in [2.24, 2.45) is 11.8 Å². The summed E-state index contributed by atoms with van der Waals surface area (Å²) in [6.45, 7) is 3.99. The molecule has 0 spiro atoms. The van der Waals surface area contributed by atoms with Crippen LogP contribution in [0.3, 0.4) is 0 Å². The smallest absolute Gasteiger partial charge is 0.133 e. The topological polar surface area (TPSA) is 17.1 Å². The van der Waals surface area contributed by atoms with Gasteiger partial charge in [0.05, 0.1) is 0 Å². The SMILES string of the molecule is C=C1C[C@@H]2CC(=O)CC[C@H]2C1.